The van der Waals surface area contributed by atoms with Gasteiger partial charge in [0.25, 0.3) is 5.91 Å². The van der Waals surface area contributed by atoms with Gasteiger partial charge in [-0.3, -0.25) is 4.79 Å². The van der Waals surface area contributed by atoms with Crippen LogP contribution in [0.3, 0.4) is 0 Å². The number of benzene rings is 1. The second kappa shape index (κ2) is 6.14. The lowest BCUT2D eigenvalue weighted by Crippen LogP contribution is -2.21. The summed E-state index contributed by atoms with van der Waals surface area (Å²) >= 11 is 5.74. The van der Waals surface area contributed by atoms with Crippen LogP contribution in [0.5, 0.6) is 0 Å². The van der Waals surface area contributed by atoms with Gasteiger partial charge in [0.2, 0.25) is 0 Å². The van der Waals surface area contributed by atoms with Crippen LogP contribution in [-0.2, 0) is 0 Å². The molecule has 0 unspecified atom stereocenters. The molecule has 0 bridgehead atoms. The van der Waals surface area contributed by atoms with Crippen LogP contribution < -0.4 is 10.2 Å². The number of rotatable bonds is 3. The van der Waals surface area contributed by atoms with E-state index in [1.807, 2.05) is 24.3 Å². The Bertz CT molecular complexity index is 636. The summed E-state index contributed by atoms with van der Waals surface area (Å²) in [6.45, 7) is 2.07. The fourth-order valence-corrected chi connectivity index (χ4v) is 2.63. The fraction of sp³-hybridized carbons (Fsp3) is 0.250. The number of nitrogens with zero attached hydrogens (tertiary/aromatic N) is 2. The minimum Gasteiger partial charge on any atom is -0.370 e. The Morgan fingerprint density at radius 3 is 2.62 bits per heavy atom. The van der Waals surface area contributed by atoms with E-state index in [1.165, 1.54) is 19.0 Å². The molecule has 1 N–H and O–H groups in total. The molecule has 0 saturated carbocycles. The zero-order chi connectivity index (χ0) is 14.7. The zero-order valence-electron chi connectivity index (χ0n) is 11.6. The molecule has 1 aliphatic heterocycles. The predicted octanol–water partition coefficient (Wildman–Crippen LogP) is 3.59. The molecular formula is C16H16ClN3O. The van der Waals surface area contributed by atoms with Crippen molar-refractivity contribution in [3.05, 3.63) is 53.3 Å². The Balaban J connectivity index is 1.81. The van der Waals surface area contributed by atoms with Gasteiger partial charge in [0.05, 0.1) is 16.9 Å². The molecule has 2 aromatic rings. The number of nitrogens with one attached hydrogen (secondary N) is 1. The van der Waals surface area contributed by atoms with Gasteiger partial charge in [-0.2, -0.15) is 0 Å². The van der Waals surface area contributed by atoms with Crippen LogP contribution in [0.25, 0.3) is 0 Å². The quantitative estimate of drug-likeness (QED) is 0.881. The lowest BCUT2D eigenvalue weighted by Gasteiger charge is -2.21. The highest BCUT2D eigenvalue weighted by Gasteiger charge is 2.17. The van der Waals surface area contributed by atoms with Crippen LogP contribution in [0.2, 0.25) is 5.15 Å². The number of hydrogen-bond acceptors (Lipinski definition) is 3. The van der Waals surface area contributed by atoms with Crippen molar-refractivity contribution in [2.24, 2.45) is 0 Å². The Morgan fingerprint density at radius 1 is 1.14 bits per heavy atom. The first-order chi connectivity index (χ1) is 10.2. The predicted molar refractivity (Wildman–Crippen MR) is 85.1 cm³/mol. The molecule has 5 heteroatoms. The van der Waals surface area contributed by atoms with E-state index < -0.39 is 0 Å². The summed E-state index contributed by atoms with van der Waals surface area (Å²) in [5, 5.41) is 3.34. The molecule has 1 aromatic carbocycles. The molecule has 1 amide bonds. The standard InChI is InChI=1S/C16H16ClN3O/c17-15-8-7-12(11-18-15)16(21)19-13-5-1-2-6-14(13)20-9-3-4-10-20/h1-2,5-8,11H,3-4,9-10H2,(H,19,21). The maximum Gasteiger partial charge on any atom is 0.257 e. The molecule has 21 heavy (non-hydrogen) atoms. The summed E-state index contributed by atoms with van der Waals surface area (Å²) in [4.78, 5) is 18.5. The van der Waals surface area contributed by atoms with Gasteiger partial charge in [-0.15, -0.1) is 0 Å². The van der Waals surface area contributed by atoms with Gasteiger partial charge in [-0.25, -0.2) is 4.98 Å². The lowest BCUT2D eigenvalue weighted by molar-refractivity contribution is 0.102. The Kier molecular flexibility index (Phi) is 4.06. The van der Waals surface area contributed by atoms with Crippen molar-refractivity contribution in [1.29, 1.82) is 0 Å². The first-order valence-corrected chi connectivity index (χ1v) is 7.39. The number of hydrogen-bond donors (Lipinski definition) is 1. The molecule has 2 heterocycles. The van der Waals surface area contributed by atoms with E-state index in [-0.39, 0.29) is 5.91 Å². The van der Waals surface area contributed by atoms with Gasteiger partial charge in [0, 0.05) is 19.3 Å². The van der Waals surface area contributed by atoms with Crippen molar-refractivity contribution < 1.29 is 4.79 Å². The molecule has 4 nitrogen and oxygen atoms in total. The maximum absolute atomic E-state index is 12.3. The molecule has 108 valence electrons. The van der Waals surface area contributed by atoms with Gasteiger partial charge in [-0.1, -0.05) is 23.7 Å². The monoisotopic (exact) mass is 301 g/mol. The largest absolute Gasteiger partial charge is 0.370 e. The van der Waals surface area contributed by atoms with E-state index in [1.54, 1.807) is 12.1 Å². The van der Waals surface area contributed by atoms with Crippen molar-refractivity contribution >= 4 is 28.9 Å². The minimum absolute atomic E-state index is 0.175. The summed E-state index contributed by atoms with van der Waals surface area (Å²) in [7, 11) is 0. The number of pyridine rings is 1. The second-order valence-electron chi connectivity index (χ2n) is 5.04. The normalized spacial score (nSPS) is 14.2. The molecular weight excluding hydrogens is 286 g/mol. The zero-order valence-corrected chi connectivity index (χ0v) is 12.3. The molecule has 0 spiro atoms. The van der Waals surface area contributed by atoms with Crippen LogP contribution in [-0.4, -0.2) is 24.0 Å². The maximum atomic E-state index is 12.3. The van der Waals surface area contributed by atoms with Gasteiger partial charge in [-0.05, 0) is 37.1 Å². The van der Waals surface area contributed by atoms with E-state index >= 15 is 0 Å². The highest BCUT2D eigenvalue weighted by atomic mass is 35.5. The third-order valence-corrected chi connectivity index (χ3v) is 3.81. The summed E-state index contributed by atoms with van der Waals surface area (Å²) in [6.07, 6.45) is 3.88. The lowest BCUT2D eigenvalue weighted by atomic mass is 10.2. The average Bonchev–Trinajstić information content (AvgIpc) is 3.02. The van der Waals surface area contributed by atoms with E-state index in [0.717, 1.165) is 24.5 Å². The van der Waals surface area contributed by atoms with Gasteiger partial charge < -0.3 is 10.2 Å². The third kappa shape index (κ3) is 3.16. The highest BCUT2D eigenvalue weighted by molar-refractivity contribution is 6.29. The Morgan fingerprint density at radius 2 is 1.90 bits per heavy atom. The number of amides is 1. The molecule has 1 aliphatic rings. The number of para-hydroxylation sites is 2. The number of anilines is 2. The van der Waals surface area contributed by atoms with E-state index in [0.29, 0.717) is 10.7 Å². The van der Waals surface area contributed by atoms with Gasteiger partial charge in [0.15, 0.2) is 0 Å². The minimum atomic E-state index is -0.175. The van der Waals surface area contributed by atoms with Crippen molar-refractivity contribution in [1.82, 2.24) is 4.98 Å². The topological polar surface area (TPSA) is 45.2 Å². The van der Waals surface area contributed by atoms with Crippen LogP contribution in [0.15, 0.2) is 42.6 Å². The molecule has 3 rings (SSSR count). The number of carbonyl (C=O) groups is 1. The molecule has 0 aliphatic carbocycles. The first kappa shape index (κ1) is 13.9. The van der Waals surface area contributed by atoms with E-state index in [9.17, 15) is 4.79 Å². The summed E-state index contributed by atoms with van der Waals surface area (Å²) in [5.74, 6) is -0.175. The average molecular weight is 302 g/mol. The third-order valence-electron chi connectivity index (χ3n) is 3.59. The molecule has 1 saturated heterocycles. The SMILES string of the molecule is O=C(Nc1ccccc1N1CCCC1)c1ccc(Cl)nc1. The molecule has 0 radical (unpaired) electrons. The molecule has 1 fully saturated rings. The van der Waals surface area contributed by atoms with Gasteiger partial charge in [0.1, 0.15) is 5.15 Å². The van der Waals surface area contributed by atoms with Gasteiger partial charge >= 0.3 is 0 Å². The second-order valence-corrected chi connectivity index (χ2v) is 5.42. The number of aromatic nitrogens is 1. The number of halogens is 1. The van der Waals surface area contributed by atoms with E-state index in [2.05, 4.69) is 15.2 Å². The number of carbonyl (C=O) groups excluding carboxylic acids is 1. The van der Waals surface area contributed by atoms with Crippen LogP contribution >= 0.6 is 11.6 Å². The van der Waals surface area contributed by atoms with Crippen LogP contribution in [0.1, 0.15) is 23.2 Å². The highest BCUT2D eigenvalue weighted by Crippen LogP contribution is 2.28. The van der Waals surface area contributed by atoms with Crippen molar-refractivity contribution in [2.75, 3.05) is 23.3 Å². The van der Waals surface area contributed by atoms with Crippen LogP contribution in [0.4, 0.5) is 11.4 Å². The Hall–Kier alpha value is -2.07. The summed E-state index contributed by atoms with van der Waals surface area (Å²) < 4.78 is 0. The molecule has 1 aromatic heterocycles. The fourth-order valence-electron chi connectivity index (χ4n) is 2.52. The van der Waals surface area contributed by atoms with E-state index in [4.69, 9.17) is 11.6 Å². The van der Waals surface area contributed by atoms with Crippen molar-refractivity contribution in [3.63, 3.8) is 0 Å². The first-order valence-electron chi connectivity index (χ1n) is 7.01. The van der Waals surface area contributed by atoms with Crippen molar-refractivity contribution in [3.8, 4) is 0 Å². The summed E-state index contributed by atoms with van der Waals surface area (Å²) in [6, 6.07) is 11.2. The van der Waals surface area contributed by atoms with Crippen LogP contribution in [0, 0.1) is 0 Å². The Labute approximate surface area is 128 Å². The molecule has 0 atom stereocenters. The summed E-state index contributed by atoms with van der Waals surface area (Å²) in [5.41, 5.74) is 2.40. The smallest absolute Gasteiger partial charge is 0.257 e. The van der Waals surface area contributed by atoms with Crippen molar-refractivity contribution in [2.45, 2.75) is 12.8 Å².